The Hall–Kier alpha value is -3.09. The molecule has 2 aliphatic rings. The van der Waals surface area contributed by atoms with Crippen molar-refractivity contribution in [3.63, 3.8) is 0 Å². The topological polar surface area (TPSA) is 66.5 Å². The second-order valence-electron chi connectivity index (χ2n) is 7.05. The van der Waals surface area contributed by atoms with Crippen molar-refractivity contribution >= 4 is 5.91 Å². The van der Waals surface area contributed by atoms with Crippen LogP contribution < -0.4 is 23.7 Å². The number of hydrogen-bond donors (Lipinski definition) is 0. The maximum atomic E-state index is 12.7. The van der Waals surface area contributed by atoms with E-state index in [1.165, 1.54) is 0 Å². The first-order chi connectivity index (χ1) is 14.1. The van der Waals surface area contributed by atoms with Crippen molar-refractivity contribution in [2.24, 2.45) is 0 Å². The lowest BCUT2D eigenvalue weighted by atomic mass is 9.91. The summed E-state index contributed by atoms with van der Waals surface area (Å²) >= 11 is 0. The second kappa shape index (κ2) is 7.39. The summed E-state index contributed by atoms with van der Waals surface area (Å²) in [5, 5.41) is 0. The van der Waals surface area contributed by atoms with Crippen molar-refractivity contribution < 1.29 is 28.5 Å². The Morgan fingerprint density at radius 2 is 1.48 bits per heavy atom. The number of ether oxygens (including phenoxy) is 5. The molecule has 7 heteroatoms. The molecule has 2 heterocycles. The number of rotatable bonds is 5. The van der Waals surface area contributed by atoms with Crippen molar-refractivity contribution in [1.29, 1.82) is 0 Å². The zero-order valence-corrected chi connectivity index (χ0v) is 17.3. The lowest BCUT2D eigenvalue weighted by Crippen LogP contribution is -2.26. The van der Waals surface area contributed by atoms with Gasteiger partial charge in [-0.3, -0.25) is 4.79 Å². The number of nitrogens with zero attached hydrogens (tertiary/aromatic N) is 1. The summed E-state index contributed by atoms with van der Waals surface area (Å²) in [6.07, 6.45) is 1.28. The molecule has 7 nitrogen and oxygen atoms in total. The highest BCUT2D eigenvalue weighted by molar-refractivity contribution is 5.87. The molecule has 0 N–H and O–H groups in total. The van der Waals surface area contributed by atoms with Crippen LogP contribution in [0.5, 0.6) is 28.7 Å². The number of carbonyl (C=O) groups is 1. The van der Waals surface area contributed by atoms with Crippen LogP contribution in [0.2, 0.25) is 0 Å². The Morgan fingerprint density at radius 1 is 0.828 bits per heavy atom. The first kappa shape index (κ1) is 19.2. The fraction of sp³-hybridized carbons (Fsp3) is 0.409. The summed E-state index contributed by atoms with van der Waals surface area (Å²) < 4.78 is 28.0. The molecule has 1 fully saturated rings. The van der Waals surface area contributed by atoms with Gasteiger partial charge >= 0.3 is 0 Å². The number of benzene rings is 2. The molecule has 154 valence electrons. The minimum absolute atomic E-state index is 0.0357. The number of amides is 1. The molecule has 2 aromatic rings. The summed E-state index contributed by atoms with van der Waals surface area (Å²) in [6, 6.07) is 5.81. The van der Waals surface area contributed by atoms with Crippen LogP contribution in [0.1, 0.15) is 30.0 Å². The summed E-state index contributed by atoms with van der Waals surface area (Å²) in [4.78, 5) is 14.6. The monoisotopic (exact) mass is 399 g/mol. The summed E-state index contributed by atoms with van der Waals surface area (Å²) in [7, 11) is 8.00. The minimum atomic E-state index is -0.0357. The van der Waals surface area contributed by atoms with E-state index in [1.54, 1.807) is 35.5 Å². The van der Waals surface area contributed by atoms with Crippen LogP contribution in [-0.4, -0.2) is 46.4 Å². The lowest BCUT2D eigenvalue weighted by molar-refractivity contribution is -0.129. The van der Waals surface area contributed by atoms with Gasteiger partial charge in [0.25, 0.3) is 0 Å². The average Bonchev–Trinajstić information content (AvgIpc) is 3.04. The predicted molar refractivity (Wildman–Crippen MR) is 107 cm³/mol. The molecule has 0 radical (unpaired) electrons. The highest BCUT2D eigenvalue weighted by Gasteiger charge is 2.39. The zero-order valence-electron chi connectivity index (χ0n) is 17.3. The number of carbonyl (C=O) groups excluding carboxylic acids is 1. The first-order valence-electron chi connectivity index (χ1n) is 9.45. The largest absolute Gasteiger partial charge is 0.493 e. The third kappa shape index (κ3) is 2.84. The first-order valence-corrected chi connectivity index (χ1v) is 9.45. The molecule has 0 bridgehead atoms. The van der Waals surface area contributed by atoms with E-state index in [9.17, 15) is 4.79 Å². The molecule has 0 spiro atoms. The standard InChI is InChI=1S/C22H25NO6/c1-25-16-9-13-14(10-17(16)26-2)20-12(11-23-15(13)6-7-19(23)24)8-18(27-3)21(28-4)22(20)29-5/h8-10,15H,6-7,11H2,1-5H3/t15-/m1/s1. The van der Waals surface area contributed by atoms with Crippen molar-refractivity contribution in [3.05, 3.63) is 29.3 Å². The third-order valence-electron chi connectivity index (χ3n) is 5.76. The van der Waals surface area contributed by atoms with Gasteiger partial charge in [0.15, 0.2) is 23.0 Å². The van der Waals surface area contributed by atoms with Gasteiger partial charge in [0.05, 0.1) is 41.6 Å². The van der Waals surface area contributed by atoms with E-state index < -0.39 is 0 Å². The normalized spacial score (nSPS) is 17.1. The van der Waals surface area contributed by atoms with Crippen LogP contribution in [0.3, 0.4) is 0 Å². The number of hydrogen-bond acceptors (Lipinski definition) is 6. The molecule has 29 heavy (non-hydrogen) atoms. The van der Waals surface area contributed by atoms with Crippen molar-refractivity contribution in [3.8, 4) is 39.9 Å². The highest BCUT2D eigenvalue weighted by atomic mass is 16.5. The van der Waals surface area contributed by atoms with Gasteiger partial charge in [0, 0.05) is 18.5 Å². The number of fused-ring (bicyclic) bond motifs is 5. The summed E-state index contributed by atoms with van der Waals surface area (Å²) in [6.45, 7) is 0.467. The van der Waals surface area contributed by atoms with E-state index in [0.717, 1.165) is 28.7 Å². The fourth-order valence-corrected chi connectivity index (χ4v) is 4.45. The van der Waals surface area contributed by atoms with Crippen LogP contribution in [0, 0.1) is 0 Å². The van der Waals surface area contributed by atoms with Gasteiger partial charge in [-0.05, 0) is 41.3 Å². The van der Waals surface area contributed by atoms with E-state index in [2.05, 4.69) is 0 Å². The third-order valence-corrected chi connectivity index (χ3v) is 5.76. The van der Waals surface area contributed by atoms with Gasteiger partial charge in [-0.2, -0.15) is 0 Å². The molecule has 2 aromatic carbocycles. The molecule has 0 aliphatic carbocycles. The Bertz CT molecular complexity index is 971. The smallest absolute Gasteiger partial charge is 0.223 e. The van der Waals surface area contributed by atoms with Gasteiger partial charge in [-0.25, -0.2) is 0 Å². The molecular weight excluding hydrogens is 374 g/mol. The van der Waals surface area contributed by atoms with Gasteiger partial charge in [0.1, 0.15) is 0 Å². The van der Waals surface area contributed by atoms with Gasteiger partial charge < -0.3 is 28.6 Å². The Kier molecular flexibility index (Phi) is 4.90. The Balaban J connectivity index is 2.09. The number of methoxy groups -OCH3 is 5. The Morgan fingerprint density at radius 3 is 2.10 bits per heavy atom. The van der Waals surface area contributed by atoms with Gasteiger partial charge in [-0.15, -0.1) is 0 Å². The SMILES string of the molecule is COc1cc2c(cc1OC)[C@H]1CCC(=O)N1Cc1cc(OC)c(OC)c(OC)c1-2. The van der Waals surface area contributed by atoms with Crippen LogP contribution in [-0.2, 0) is 11.3 Å². The molecule has 4 rings (SSSR count). The zero-order chi connectivity index (χ0) is 20.7. The van der Waals surface area contributed by atoms with Crippen molar-refractivity contribution in [2.45, 2.75) is 25.4 Å². The van der Waals surface area contributed by atoms with E-state index in [0.29, 0.717) is 41.7 Å². The van der Waals surface area contributed by atoms with E-state index >= 15 is 0 Å². The van der Waals surface area contributed by atoms with Crippen LogP contribution in [0.15, 0.2) is 18.2 Å². The van der Waals surface area contributed by atoms with Crippen LogP contribution in [0.25, 0.3) is 11.1 Å². The summed E-state index contributed by atoms with van der Waals surface area (Å²) in [5.74, 6) is 3.04. The van der Waals surface area contributed by atoms with Gasteiger partial charge in [-0.1, -0.05) is 0 Å². The molecule has 0 aromatic heterocycles. The maximum Gasteiger partial charge on any atom is 0.223 e. The molecule has 2 aliphatic heterocycles. The summed E-state index contributed by atoms with van der Waals surface area (Å²) in [5.41, 5.74) is 3.77. The van der Waals surface area contributed by atoms with Crippen LogP contribution >= 0.6 is 0 Å². The molecular formula is C22H25NO6. The lowest BCUT2D eigenvalue weighted by Gasteiger charge is -2.24. The highest BCUT2D eigenvalue weighted by Crippen LogP contribution is 2.54. The molecule has 1 amide bonds. The van der Waals surface area contributed by atoms with E-state index in [4.69, 9.17) is 23.7 Å². The average molecular weight is 399 g/mol. The fourth-order valence-electron chi connectivity index (χ4n) is 4.45. The molecule has 1 atom stereocenters. The second-order valence-corrected chi connectivity index (χ2v) is 7.05. The van der Waals surface area contributed by atoms with Crippen molar-refractivity contribution in [2.75, 3.05) is 35.5 Å². The Labute approximate surface area is 170 Å². The maximum absolute atomic E-state index is 12.7. The van der Waals surface area contributed by atoms with Crippen molar-refractivity contribution in [1.82, 2.24) is 4.90 Å². The van der Waals surface area contributed by atoms with Crippen LogP contribution in [0.4, 0.5) is 0 Å². The molecule has 0 unspecified atom stereocenters. The quantitative estimate of drug-likeness (QED) is 0.766. The van der Waals surface area contributed by atoms with Gasteiger partial charge in [0.2, 0.25) is 11.7 Å². The van der Waals surface area contributed by atoms with E-state index in [1.807, 2.05) is 23.1 Å². The van der Waals surface area contributed by atoms with E-state index in [-0.39, 0.29) is 11.9 Å². The minimum Gasteiger partial charge on any atom is -0.493 e. The molecule has 0 saturated carbocycles. The predicted octanol–water partition coefficient (Wildman–Crippen LogP) is 3.57. The molecule has 1 saturated heterocycles.